The van der Waals surface area contributed by atoms with Crippen LogP contribution in [0.5, 0.6) is 0 Å². The molecule has 22 heavy (non-hydrogen) atoms. The lowest BCUT2D eigenvalue weighted by Gasteiger charge is -2.11. The number of carbonyl (C=O) groups excluding carboxylic acids is 1. The smallest absolute Gasteiger partial charge is 0.239 e. The molecule has 0 saturated carbocycles. The topological polar surface area (TPSA) is 74.8 Å². The number of amides is 1. The van der Waals surface area contributed by atoms with Crippen LogP contribution in [-0.4, -0.2) is 45.2 Å². The summed E-state index contributed by atoms with van der Waals surface area (Å²) >= 11 is 0. The van der Waals surface area contributed by atoms with Gasteiger partial charge in [-0.05, 0) is 24.6 Å². The molecule has 6 nitrogen and oxygen atoms in total. The number of rotatable bonds is 8. The van der Waals surface area contributed by atoms with Gasteiger partial charge in [0.15, 0.2) is 5.96 Å². The van der Waals surface area contributed by atoms with Gasteiger partial charge >= 0.3 is 0 Å². The van der Waals surface area contributed by atoms with Crippen LogP contribution in [0.15, 0.2) is 29.3 Å². The number of guanidine groups is 1. The van der Waals surface area contributed by atoms with Gasteiger partial charge in [-0.1, -0.05) is 12.1 Å². The molecular weight excluding hydrogens is 287 g/mol. The molecule has 1 aromatic carbocycles. The second-order valence-corrected chi connectivity index (χ2v) is 4.52. The van der Waals surface area contributed by atoms with Crippen LogP contribution in [0.4, 0.5) is 4.39 Å². The van der Waals surface area contributed by atoms with Crippen LogP contribution < -0.4 is 16.0 Å². The lowest BCUT2D eigenvalue weighted by molar-refractivity contribution is -0.120. The minimum Gasteiger partial charge on any atom is -0.383 e. The summed E-state index contributed by atoms with van der Waals surface area (Å²) < 4.78 is 18.0. The van der Waals surface area contributed by atoms with Crippen LogP contribution >= 0.6 is 0 Å². The lowest BCUT2D eigenvalue weighted by Crippen LogP contribution is -2.43. The molecule has 1 rings (SSSR count). The van der Waals surface area contributed by atoms with E-state index in [2.05, 4.69) is 20.9 Å². The van der Waals surface area contributed by atoms with Crippen LogP contribution in [0.3, 0.4) is 0 Å². The van der Waals surface area contributed by atoms with Gasteiger partial charge in [0.25, 0.3) is 0 Å². The maximum atomic E-state index is 13.1. The normalized spacial score (nSPS) is 11.1. The van der Waals surface area contributed by atoms with Gasteiger partial charge in [-0.3, -0.25) is 4.79 Å². The SMILES string of the molecule is CCNC(=NCc1cccc(F)c1)NCC(=O)NCCOC. The van der Waals surface area contributed by atoms with E-state index >= 15 is 0 Å². The van der Waals surface area contributed by atoms with E-state index in [9.17, 15) is 9.18 Å². The van der Waals surface area contributed by atoms with E-state index in [1.807, 2.05) is 6.92 Å². The molecule has 0 unspecified atom stereocenters. The van der Waals surface area contributed by atoms with E-state index in [4.69, 9.17) is 4.74 Å². The highest BCUT2D eigenvalue weighted by Gasteiger charge is 2.03. The van der Waals surface area contributed by atoms with Crippen molar-refractivity contribution in [3.63, 3.8) is 0 Å². The molecule has 0 aromatic heterocycles. The number of hydrogen-bond donors (Lipinski definition) is 3. The van der Waals surface area contributed by atoms with E-state index in [0.717, 1.165) is 5.56 Å². The first-order valence-electron chi connectivity index (χ1n) is 7.18. The molecule has 0 aliphatic heterocycles. The van der Waals surface area contributed by atoms with Gasteiger partial charge < -0.3 is 20.7 Å². The molecule has 0 radical (unpaired) electrons. The van der Waals surface area contributed by atoms with Crippen molar-refractivity contribution in [2.45, 2.75) is 13.5 Å². The van der Waals surface area contributed by atoms with E-state index in [1.165, 1.54) is 12.1 Å². The van der Waals surface area contributed by atoms with E-state index in [-0.39, 0.29) is 18.3 Å². The highest BCUT2D eigenvalue weighted by molar-refractivity contribution is 5.86. The maximum absolute atomic E-state index is 13.1. The molecule has 0 fully saturated rings. The van der Waals surface area contributed by atoms with E-state index in [1.54, 1.807) is 19.2 Å². The second-order valence-electron chi connectivity index (χ2n) is 4.52. The van der Waals surface area contributed by atoms with Crippen molar-refractivity contribution in [2.24, 2.45) is 4.99 Å². The Balaban J connectivity index is 2.46. The fraction of sp³-hybridized carbons (Fsp3) is 0.467. The molecule has 0 spiro atoms. The summed E-state index contributed by atoms with van der Waals surface area (Å²) in [5.41, 5.74) is 0.766. The Labute approximate surface area is 130 Å². The van der Waals surface area contributed by atoms with Crippen molar-refractivity contribution >= 4 is 11.9 Å². The summed E-state index contributed by atoms with van der Waals surface area (Å²) in [6.07, 6.45) is 0. The Morgan fingerprint density at radius 3 is 2.82 bits per heavy atom. The predicted molar refractivity (Wildman–Crippen MR) is 84.1 cm³/mol. The standard InChI is InChI=1S/C15H23FN4O2/c1-3-17-15(20-11-14(21)18-7-8-22-2)19-10-12-5-4-6-13(16)9-12/h4-6,9H,3,7-8,10-11H2,1-2H3,(H,18,21)(H2,17,19,20). The fourth-order valence-corrected chi connectivity index (χ4v) is 1.67. The fourth-order valence-electron chi connectivity index (χ4n) is 1.67. The highest BCUT2D eigenvalue weighted by atomic mass is 19.1. The van der Waals surface area contributed by atoms with Gasteiger partial charge in [0.1, 0.15) is 5.82 Å². The number of halogens is 1. The van der Waals surface area contributed by atoms with Gasteiger partial charge in [-0.25, -0.2) is 9.38 Å². The van der Waals surface area contributed by atoms with Crippen molar-refractivity contribution in [1.82, 2.24) is 16.0 Å². The molecule has 0 atom stereocenters. The van der Waals surface area contributed by atoms with Crippen LogP contribution in [-0.2, 0) is 16.1 Å². The minimum absolute atomic E-state index is 0.110. The summed E-state index contributed by atoms with van der Waals surface area (Å²) in [6.45, 7) is 3.98. The molecule has 1 amide bonds. The zero-order valence-electron chi connectivity index (χ0n) is 13.0. The summed E-state index contributed by atoms with van der Waals surface area (Å²) in [6, 6.07) is 6.27. The van der Waals surface area contributed by atoms with Crippen molar-refractivity contribution < 1.29 is 13.9 Å². The zero-order chi connectivity index (χ0) is 16.2. The average Bonchev–Trinajstić information content (AvgIpc) is 2.50. The first-order valence-corrected chi connectivity index (χ1v) is 7.18. The van der Waals surface area contributed by atoms with Crippen molar-refractivity contribution in [1.29, 1.82) is 0 Å². The zero-order valence-corrected chi connectivity index (χ0v) is 13.0. The summed E-state index contributed by atoms with van der Waals surface area (Å²) in [7, 11) is 1.58. The Morgan fingerprint density at radius 2 is 2.14 bits per heavy atom. The van der Waals surface area contributed by atoms with Crippen LogP contribution in [0.25, 0.3) is 0 Å². The van der Waals surface area contributed by atoms with Crippen LogP contribution in [0.1, 0.15) is 12.5 Å². The monoisotopic (exact) mass is 310 g/mol. The van der Waals surface area contributed by atoms with E-state index < -0.39 is 0 Å². The van der Waals surface area contributed by atoms with Crippen molar-refractivity contribution in [3.05, 3.63) is 35.6 Å². The molecule has 0 aliphatic carbocycles. The van der Waals surface area contributed by atoms with Crippen molar-refractivity contribution in [3.8, 4) is 0 Å². The molecule has 122 valence electrons. The number of benzene rings is 1. The summed E-state index contributed by atoms with van der Waals surface area (Å²) in [5, 5.41) is 8.66. The van der Waals surface area contributed by atoms with Gasteiger partial charge in [0.2, 0.25) is 5.91 Å². The van der Waals surface area contributed by atoms with Gasteiger partial charge in [-0.15, -0.1) is 0 Å². The number of nitrogens with zero attached hydrogens (tertiary/aromatic N) is 1. The number of aliphatic imine (C=N–C) groups is 1. The maximum Gasteiger partial charge on any atom is 0.239 e. The first-order chi connectivity index (χ1) is 10.7. The summed E-state index contributed by atoms with van der Waals surface area (Å²) in [4.78, 5) is 15.9. The Hall–Kier alpha value is -2.15. The van der Waals surface area contributed by atoms with Crippen LogP contribution in [0.2, 0.25) is 0 Å². The Morgan fingerprint density at radius 1 is 1.32 bits per heavy atom. The predicted octanol–water partition coefficient (Wildman–Crippen LogP) is 0.643. The molecule has 0 bridgehead atoms. The molecule has 0 aliphatic rings. The minimum atomic E-state index is -0.289. The highest BCUT2D eigenvalue weighted by Crippen LogP contribution is 2.04. The second kappa shape index (κ2) is 10.6. The van der Waals surface area contributed by atoms with Crippen LogP contribution in [0, 0.1) is 5.82 Å². The third-order valence-electron chi connectivity index (χ3n) is 2.70. The molecule has 1 aromatic rings. The Bertz CT molecular complexity index is 494. The largest absolute Gasteiger partial charge is 0.383 e. The number of carbonyl (C=O) groups is 1. The number of hydrogen-bond acceptors (Lipinski definition) is 3. The Kier molecular flexibility index (Phi) is 8.59. The van der Waals surface area contributed by atoms with Gasteiger partial charge in [0.05, 0.1) is 19.7 Å². The van der Waals surface area contributed by atoms with Crippen molar-refractivity contribution in [2.75, 3.05) is 33.4 Å². The number of methoxy groups -OCH3 is 1. The summed E-state index contributed by atoms with van der Waals surface area (Å²) in [5.74, 6) is 0.0743. The molecule has 3 N–H and O–H groups in total. The third-order valence-corrected chi connectivity index (χ3v) is 2.70. The van der Waals surface area contributed by atoms with Gasteiger partial charge in [-0.2, -0.15) is 0 Å². The number of nitrogens with one attached hydrogen (secondary N) is 3. The quantitative estimate of drug-likeness (QED) is 0.374. The number of ether oxygens (including phenoxy) is 1. The van der Waals surface area contributed by atoms with Gasteiger partial charge in [0, 0.05) is 20.2 Å². The average molecular weight is 310 g/mol. The first kappa shape index (κ1) is 17.9. The molecule has 7 heteroatoms. The molecule has 0 saturated heterocycles. The molecular formula is C15H23FN4O2. The third kappa shape index (κ3) is 7.58. The molecule has 0 heterocycles. The lowest BCUT2D eigenvalue weighted by atomic mass is 10.2. The van der Waals surface area contributed by atoms with E-state index in [0.29, 0.717) is 32.2 Å².